The standard InChI is InChI=1S/C7H8F3N3.ClH/c1-4(11)5-2-13-6(3-12-5)7(8,9)10;/h2-4H,11H2,1H3;1H. The normalized spacial score (nSPS) is 13.2. The largest absolute Gasteiger partial charge is 0.434 e. The minimum absolute atomic E-state index is 0. The van der Waals surface area contributed by atoms with Gasteiger partial charge in [-0.1, -0.05) is 0 Å². The highest BCUT2D eigenvalue weighted by Crippen LogP contribution is 2.26. The smallest absolute Gasteiger partial charge is 0.323 e. The molecule has 0 amide bonds. The van der Waals surface area contributed by atoms with Crippen molar-refractivity contribution >= 4 is 12.4 Å². The van der Waals surface area contributed by atoms with Crippen LogP contribution in [0.15, 0.2) is 12.4 Å². The van der Waals surface area contributed by atoms with Crippen molar-refractivity contribution in [3.8, 4) is 0 Å². The van der Waals surface area contributed by atoms with Crippen molar-refractivity contribution in [3.63, 3.8) is 0 Å². The summed E-state index contributed by atoms with van der Waals surface area (Å²) >= 11 is 0. The highest BCUT2D eigenvalue weighted by molar-refractivity contribution is 5.85. The van der Waals surface area contributed by atoms with E-state index in [2.05, 4.69) is 9.97 Å². The first-order valence-corrected chi connectivity index (χ1v) is 3.56. The number of aromatic nitrogens is 2. The van der Waals surface area contributed by atoms with Crippen LogP contribution in [0.2, 0.25) is 0 Å². The van der Waals surface area contributed by atoms with Crippen molar-refractivity contribution in [2.45, 2.75) is 19.1 Å². The van der Waals surface area contributed by atoms with Gasteiger partial charge in [-0.05, 0) is 6.92 Å². The van der Waals surface area contributed by atoms with E-state index in [-0.39, 0.29) is 12.4 Å². The molecule has 1 aromatic heterocycles. The monoisotopic (exact) mass is 227 g/mol. The van der Waals surface area contributed by atoms with E-state index < -0.39 is 17.9 Å². The van der Waals surface area contributed by atoms with Crippen LogP contribution in [0.25, 0.3) is 0 Å². The van der Waals surface area contributed by atoms with Gasteiger partial charge < -0.3 is 5.73 Å². The van der Waals surface area contributed by atoms with Crippen LogP contribution in [-0.2, 0) is 6.18 Å². The predicted octanol–water partition coefficient (Wildman–Crippen LogP) is 1.94. The zero-order valence-corrected chi connectivity index (χ0v) is 8.06. The first-order chi connectivity index (χ1) is 5.91. The van der Waals surface area contributed by atoms with Crippen LogP contribution in [0.3, 0.4) is 0 Å². The topological polar surface area (TPSA) is 51.8 Å². The van der Waals surface area contributed by atoms with Crippen molar-refractivity contribution < 1.29 is 13.2 Å². The highest BCUT2D eigenvalue weighted by Gasteiger charge is 2.32. The van der Waals surface area contributed by atoms with Gasteiger partial charge in [0.1, 0.15) is 0 Å². The van der Waals surface area contributed by atoms with Crippen molar-refractivity contribution in [3.05, 3.63) is 23.8 Å². The molecule has 1 heterocycles. The molecule has 0 aliphatic heterocycles. The summed E-state index contributed by atoms with van der Waals surface area (Å²) in [4.78, 5) is 6.74. The van der Waals surface area contributed by atoms with Gasteiger partial charge >= 0.3 is 6.18 Å². The van der Waals surface area contributed by atoms with Gasteiger partial charge in [0.15, 0.2) is 5.69 Å². The average Bonchev–Trinajstić information content (AvgIpc) is 2.03. The third-order valence-electron chi connectivity index (χ3n) is 1.43. The van der Waals surface area contributed by atoms with Gasteiger partial charge in [-0.25, -0.2) is 4.98 Å². The summed E-state index contributed by atoms with van der Waals surface area (Å²) in [5, 5.41) is 0. The van der Waals surface area contributed by atoms with E-state index in [1.165, 1.54) is 0 Å². The Balaban J connectivity index is 0.00000169. The van der Waals surface area contributed by atoms with E-state index in [0.29, 0.717) is 11.9 Å². The van der Waals surface area contributed by atoms with Crippen molar-refractivity contribution in [2.24, 2.45) is 5.73 Å². The number of hydrogen-bond donors (Lipinski definition) is 1. The molecular weight excluding hydrogens is 219 g/mol. The molecule has 0 aliphatic rings. The van der Waals surface area contributed by atoms with Crippen molar-refractivity contribution in [2.75, 3.05) is 0 Å². The Morgan fingerprint density at radius 2 is 1.86 bits per heavy atom. The summed E-state index contributed by atoms with van der Waals surface area (Å²) in [6.07, 6.45) is -2.73. The number of rotatable bonds is 1. The molecule has 3 nitrogen and oxygen atoms in total. The van der Waals surface area contributed by atoms with Crippen LogP contribution < -0.4 is 5.73 Å². The SMILES string of the molecule is CC(N)c1cnc(C(F)(F)F)cn1.Cl. The van der Waals surface area contributed by atoms with E-state index in [4.69, 9.17) is 5.73 Å². The van der Waals surface area contributed by atoms with Crippen LogP contribution in [0.1, 0.15) is 24.4 Å². The molecule has 0 aliphatic carbocycles. The molecule has 1 atom stereocenters. The lowest BCUT2D eigenvalue weighted by Gasteiger charge is -2.07. The number of nitrogens with two attached hydrogens (primary N) is 1. The molecular formula is C7H9ClF3N3. The molecule has 1 aromatic rings. The van der Waals surface area contributed by atoms with E-state index >= 15 is 0 Å². The predicted molar refractivity (Wildman–Crippen MR) is 46.9 cm³/mol. The molecule has 0 aromatic carbocycles. The van der Waals surface area contributed by atoms with E-state index in [1.807, 2.05) is 0 Å². The zero-order chi connectivity index (χ0) is 10.1. The number of nitrogens with zero attached hydrogens (tertiary/aromatic N) is 2. The second-order valence-electron chi connectivity index (χ2n) is 2.61. The average molecular weight is 228 g/mol. The van der Waals surface area contributed by atoms with Crippen LogP contribution in [0, 0.1) is 0 Å². The Morgan fingerprint density at radius 3 is 2.14 bits per heavy atom. The molecule has 0 saturated carbocycles. The summed E-state index contributed by atoms with van der Waals surface area (Å²) in [7, 11) is 0. The second-order valence-corrected chi connectivity index (χ2v) is 2.61. The Labute approximate surface area is 85.0 Å². The minimum Gasteiger partial charge on any atom is -0.323 e. The molecule has 2 N–H and O–H groups in total. The van der Waals surface area contributed by atoms with Gasteiger partial charge in [0.2, 0.25) is 0 Å². The fourth-order valence-electron chi connectivity index (χ4n) is 0.720. The zero-order valence-electron chi connectivity index (χ0n) is 7.25. The lowest BCUT2D eigenvalue weighted by Crippen LogP contribution is -2.12. The number of halogens is 4. The van der Waals surface area contributed by atoms with Gasteiger partial charge in [0.05, 0.1) is 18.1 Å². The summed E-state index contributed by atoms with van der Waals surface area (Å²) < 4.78 is 36.0. The molecule has 7 heteroatoms. The maximum atomic E-state index is 12.0. The third-order valence-corrected chi connectivity index (χ3v) is 1.43. The summed E-state index contributed by atoms with van der Waals surface area (Å²) in [6.45, 7) is 1.62. The summed E-state index contributed by atoms with van der Waals surface area (Å²) in [6, 6.07) is -0.408. The maximum absolute atomic E-state index is 12.0. The maximum Gasteiger partial charge on any atom is 0.434 e. The van der Waals surface area contributed by atoms with Crippen molar-refractivity contribution in [1.82, 2.24) is 9.97 Å². The Kier molecular flexibility index (Phi) is 4.28. The van der Waals surface area contributed by atoms with E-state index in [9.17, 15) is 13.2 Å². The Hall–Kier alpha value is -0.880. The summed E-state index contributed by atoms with van der Waals surface area (Å²) in [5.74, 6) is 0. The van der Waals surface area contributed by atoms with E-state index in [0.717, 1.165) is 6.20 Å². The lowest BCUT2D eigenvalue weighted by molar-refractivity contribution is -0.141. The molecule has 14 heavy (non-hydrogen) atoms. The van der Waals surface area contributed by atoms with Gasteiger partial charge in [0.25, 0.3) is 0 Å². The Morgan fingerprint density at radius 1 is 1.29 bits per heavy atom. The molecule has 0 radical (unpaired) electrons. The second kappa shape index (κ2) is 4.56. The lowest BCUT2D eigenvalue weighted by atomic mass is 10.2. The molecule has 0 spiro atoms. The van der Waals surface area contributed by atoms with Crippen LogP contribution in [-0.4, -0.2) is 9.97 Å². The molecule has 0 bridgehead atoms. The molecule has 1 unspecified atom stereocenters. The molecule has 0 fully saturated rings. The van der Waals surface area contributed by atoms with Crippen LogP contribution in [0.4, 0.5) is 13.2 Å². The molecule has 1 rings (SSSR count). The fraction of sp³-hybridized carbons (Fsp3) is 0.429. The molecule has 80 valence electrons. The first-order valence-electron chi connectivity index (χ1n) is 3.56. The number of hydrogen-bond acceptors (Lipinski definition) is 3. The van der Waals surface area contributed by atoms with Crippen LogP contribution in [0.5, 0.6) is 0 Å². The number of alkyl halides is 3. The van der Waals surface area contributed by atoms with E-state index in [1.54, 1.807) is 6.92 Å². The summed E-state index contributed by atoms with van der Waals surface area (Å²) in [5.41, 5.74) is 4.73. The highest BCUT2D eigenvalue weighted by atomic mass is 35.5. The fourth-order valence-corrected chi connectivity index (χ4v) is 0.720. The minimum atomic E-state index is -4.44. The first kappa shape index (κ1) is 13.1. The quantitative estimate of drug-likeness (QED) is 0.798. The Bertz CT molecular complexity index is 283. The third kappa shape index (κ3) is 3.12. The van der Waals surface area contributed by atoms with Crippen LogP contribution >= 0.6 is 12.4 Å². The van der Waals surface area contributed by atoms with Crippen molar-refractivity contribution in [1.29, 1.82) is 0 Å². The van der Waals surface area contributed by atoms with Gasteiger partial charge in [-0.2, -0.15) is 13.2 Å². The van der Waals surface area contributed by atoms with Gasteiger partial charge in [-0.3, -0.25) is 4.98 Å². The van der Waals surface area contributed by atoms with Gasteiger partial charge in [0, 0.05) is 6.04 Å². The van der Waals surface area contributed by atoms with Gasteiger partial charge in [-0.15, -0.1) is 12.4 Å². The molecule has 0 saturated heterocycles.